The quantitative estimate of drug-likeness (QED) is 0.879. The van der Waals surface area contributed by atoms with Crippen molar-refractivity contribution >= 4 is 23.2 Å². The summed E-state index contributed by atoms with van der Waals surface area (Å²) in [6.45, 7) is 2.44. The lowest BCUT2D eigenvalue weighted by atomic mass is 9.97. The zero-order valence-electron chi connectivity index (χ0n) is 15.5. The third-order valence-electron chi connectivity index (χ3n) is 5.48. The first-order valence-electron chi connectivity index (χ1n) is 9.21. The number of hydrogen-bond donors (Lipinski definition) is 1. The minimum absolute atomic E-state index is 0.0281. The molecule has 1 saturated heterocycles. The van der Waals surface area contributed by atoms with E-state index in [1.807, 2.05) is 11.9 Å². The fourth-order valence-electron chi connectivity index (χ4n) is 3.89. The van der Waals surface area contributed by atoms with Gasteiger partial charge in [-0.05, 0) is 62.1 Å². The van der Waals surface area contributed by atoms with Gasteiger partial charge in [-0.1, -0.05) is 6.07 Å². The van der Waals surface area contributed by atoms with E-state index in [0.29, 0.717) is 22.4 Å². The molecular weight excluding hydrogens is 345 g/mol. The predicted octanol–water partition coefficient (Wildman–Crippen LogP) is 3.79. The number of fused-ring (bicyclic) bond motifs is 2. The molecule has 140 valence electrons. The van der Waals surface area contributed by atoms with Gasteiger partial charge in [0.1, 0.15) is 12.0 Å². The molecule has 1 N–H and O–H groups in total. The molecule has 2 aromatic carbocycles. The lowest BCUT2D eigenvalue weighted by Crippen LogP contribution is -2.55. The highest BCUT2D eigenvalue weighted by molar-refractivity contribution is 6.08. The Morgan fingerprint density at radius 2 is 2.00 bits per heavy atom. The van der Waals surface area contributed by atoms with Gasteiger partial charge in [0.05, 0.1) is 11.3 Å². The second-order valence-electron chi connectivity index (χ2n) is 7.24. The molecule has 2 aromatic rings. The number of anilines is 2. The second-order valence-corrected chi connectivity index (χ2v) is 7.24. The molecule has 0 bridgehead atoms. The number of piperidine rings is 1. The number of rotatable bonds is 2. The van der Waals surface area contributed by atoms with Gasteiger partial charge in [-0.25, -0.2) is 4.39 Å². The topological polar surface area (TPSA) is 52.7 Å². The van der Waals surface area contributed by atoms with Crippen LogP contribution in [0, 0.1) is 12.7 Å². The van der Waals surface area contributed by atoms with Crippen molar-refractivity contribution in [2.45, 2.75) is 32.4 Å². The third-order valence-corrected chi connectivity index (χ3v) is 5.48. The molecule has 5 nitrogen and oxygen atoms in total. The van der Waals surface area contributed by atoms with Crippen LogP contribution in [0.15, 0.2) is 36.4 Å². The van der Waals surface area contributed by atoms with E-state index in [0.717, 1.165) is 31.5 Å². The maximum atomic E-state index is 13.7. The van der Waals surface area contributed by atoms with Crippen molar-refractivity contribution in [3.05, 3.63) is 58.9 Å². The summed E-state index contributed by atoms with van der Waals surface area (Å²) < 4.78 is 13.7. The molecule has 1 atom stereocenters. The molecule has 0 aliphatic carbocycles. The van der Waals surface area contributed by atoms with E-state index in [1.165, 1.54) is 6.07 Å². The lowest BCUT2D eigenvalue weighted by molar-refractivity contribution is 0.0589. The van der Waals surface area contributed by atoms with Crippen molar-refractivity contribution in [2.75, 3.05) is 23.8 Å². The van der Waals surface area contributed by atoms with Crippen LogP contribution in [0.25, 0.3) is 0 Å². The Balaban J connectivity index is 1.62. The standard InChI is InChI=1S/C21H22FN3O2/c1-13-6-8-15(12-17(13)22)23-20(26)14-7-9-16-18(11-14)24(2)19-5-3-4-10-25(19)21(16)27/h6-9,11-12,19H,3-5,10H2,1-2H3,(H,23,26)/t19-/m0/s1. The van der Waals surface area contributed by atoms with Crippen molar-refractivity contribution in [2.24, 2.45) is 0 Å². The summed E-state index contributed by atoms with van der Waals surface area (Å²) in [6.07, 6.45) is 3.09. The molecule has 2 amide bonds. The summed E-state index contributed by atoms with van der Waals surface area (Å²) >= 11 is 0. The Kier molecular flexibility index (Phi) is 4.34. The van der Waals surface area contributed by atoms with Crippen LogP contribution in [0.3, 0.4) is 0 Å². The van der Waals surface area contributed by atoms with Crippen LogP contribution in [0.4, 0.5) is 15.8 Å². The van der Waals surface area contributed by atoms with E-state index in [4.69, 9.17) is 0 Å². The maximum absolute atomic E-state index is 13.7. The van der Waals surface area contributed by atoms with Crippen molar-refractivity contribution in [3.63, 3.8) is 0 Å². The molecule has 0 spiro atoms. The first kappa shape index (κ1) is 17.5. The summed E-state index contributed by atoms with van der Waals surface area (Å²) in [4.78, 5) is 29.4. The number of carbonyl (C=O) groups excluding carboxylic acids is 2. The third kappa shape index (κ3) is 3.05. The highest BCUT2D eigenvalue weighted by Gasteiger charge is 2.37. The highest BCUT2D eigenvalue weighted by Crippen LogP contribution is 2.35. The van der Waals surface area contributed by atoms with E-state index >= 15 is 0 Å². The van der Waals surface area contributed by atoms with Crippen molar-refractivity contribution < 1.29 is 14.0 Å². The number of benzene rings is 2. The monoisotopic (exact) mass is 367 g/mol. The first-order chi connectivity index (χ1) is 13.0. The largest absolute Gasteiger partial charge is 0.354 e. The SMILES string of the molecule is Cc1ccc(NC(=O)c2ccc3c(c2)N(C)[C@@H]2CCCCN2C3=O)cc1F. The molecule has 27 heavy (non-hydrogen) atoms. The van der Waals surface area contributed by atoms with Crippen LogP contribution in [0.1, 0.15) is 45.5 Å². The fourth-order valence-corrected chi connectivity index (χ4v) is 3.89. The zero-order valence-corrected chi connectivity index (χ0v) is 15.5. The van der Waals surface area contributed by atoms with Gasteiger partial charge in [-0.3, -0.25) is 9.59 Å². The molecule has 0 aromatic heterocycles. The van der Waals surface area contributed by atoms with Crippen LogP contribution >= 0.6 is 0 Å². The molecule has 1 fully saturated rings. The number of amides is 2. The van der Waals surface area contributed by atoms with Crippen molar-refractivity contribution in [1.82, 2.24) is 4.90 Å². The normalized spacial score (nSPS) is 18.8. The van der Waals surface area contributed by atoms with Crippen LogP contribution in [0.2, 0.25) is 0 Å². The van der Waals surface area contributed by atoms with E-state index < -0.39 is 0 Å². The minimum Gasteiger partial charge on any atom is -0.354 e. The molecule has 0 radical (unpaired) electrons. The summed E-state index contributed by atoms with van der Waals surface area (Å²) in [5.74, 6) is -0.658. The second kappa shape index (κ2) is 6.68. The molecule has 2 heterocycles. The Morgan fingerprint density at radius 3 is 2.78 bits per heavy atom. The Morgan fingerprint density at radius 1 is 1.19 bits per heavy atom. The number of carbonyl (C=O) groups is 2. The predicted molar refractivity (Wildman–Crippen MR) is 103 cm³/mol. The van der Waals surface area contributed by atoms with Gasteiger partial charge in [0, 0.05) is 24.8 Å². The summed E-state index contributed by atoms with van der Waals surface area (Å²) in [5.41, 5.74) is 2.76. The zero-order chi connectivity index (χ0) is 19.1. The average molecular weight is 367 g/mol. The van der Waals surface area contributed by atoms with Gasteiger partial charge >= 0.3 is 0 Å². The maximum Gasteiger partial charge on any atom is 0.257 e. The van der Waals surface area contributed by atoms with Gasteiger partial charge in [0.25, 0.3) is 11.8 Å². The molecule has 2 aliphatic heterocycles. The van der Waals surface area contributed by atoms with E-state index in [2.05, 4.69) is 10.2 Å². The van der Waals surface area contributed by atoms with Gasteiger partial charge in [0.15, 0.2) is 0 Å². The van der Waals surface area contributed by atoms with E-state index in [9.17, 15) is 14.0 Å². The van der Waals surface area contributed by atoms with Gasteiger partial charge in [-0.15, -0.1) is 0 Å². The molecular formula is C21H22FN3O2. The van der Waals surface area contributed by atoms with Crippen LogP contribution in [-0.4, -0.2) is 36.5 Å². The van der Waals surface area contributed by atoms with Crippen molar-refractivity contribution in [1.29, 1.82) is 0 Å². The molecule has 4 rings (SSSR count). The Hall–Kier alpha value is -2.89. The number of nitrogens with zero attached hydrogens (tertiary/aromatic N) is 2. The molecule has 6 heteroatoms. The molecule has 2 aliphatic rings. The summed E-state index contributed by atoms with van der Waals surface area (Å²) in [7, 11) is 1.96. The average Bonchev–Trinajstić information content (AvgIpc) is 2.68. The molecule has 0 unspecified atom stereocenters. The van der Waals surface area contributed by atoms with Gasteiger partial charge in [0.2, 0.25) is 0 Å². The van der Waals surface area contributed by atoms with Crippen LogP contribution in [0.5, 0.6) is 0 Å². The Labute approximate surface area is 157 Å². The Bertz CT molecular complexity index is 928. The lowest BCUT2D eigenvalue weighted by Gasteiger charge is -2.46. The molecule has 0 saturated carbocycles. The highest BCUT2D eigenvalue weighted by atomic mass is 19.1. The fraction of sp³-hybridized carbons (Fsp3) is 0.333. The number of hydrogen-bond acceptors (Lipinski definition) is 3. The number of halogens is 1. The van der Waals surface area contributed by atoms with E-state index in [1.54, 1.807) is 37.3 Å². The van der Waals surface area contributed by atoms with E-state index in [-0.39, 0.29) is 23.8 Å². The van der Waals surface area contributed by atoms with Crippen LogP contribution in [-0.2, 0) is 0 Å². The smallest absolute Gasteiger partial charge is 0.257 e. The minimum atomic E-state index is -0.360. The first-order valence-corrected chi connectivity index (χ1v) is 9.21. The number of aryl methyl sites for hydroxylation is 1. The van der Waals surface area contributed by atoms with Gasteiger partial charge < -0.3 is 15.1 Å². The van der Waals surface area contributed by atoms with Gasteiger partial charge in [-0.2, -0.15) is 0 Å². The van der Waals surface area contributed by atoms with Crippen LogP contribution < -0.4 is 10.2 Å². The number of nitrogens with one attached hydrogen (secondary N) is 1. The summed E-state index contributed by atoms with van der Waals surface area (Å²) in [5, 5.41) is 2.72. The summed E-state index contributed by atoms with van der Waals surface area (Å²) in [6, 6.07) is 9.71. The van der Waals surface area contributed by atoms with Crippen molar-refractivity contribution in [3.8, 4) is 0 Å².